The van der Waals surface area contributed by atoms with Crippen LogP contribution in [0.15, 0.2) is 84.9 Å². The first-order chi connectivity index (χ1) is 17.0. The zero-order valence-electron chi connectivity index (χ0n) is 19.2. The number of fused-ring (bicyclic) bond motifs is 1. The zero-order chi connectivity index (χ0) is 24.3. The lowest BCUT2D eigenvalue weighted by Gasteiger charge is -2.17. The number of nitrogens with one attached hydrogen (secondary N) is 1. The second kappa shape index (κ2) is 9.88. The highest BCUT2D eigenvalue weighted by atomic mass is 32.2. The van der Waals surface area contributed by atoms with Gasteiger partial charge in [0.25, 0.3) is 5.91 Å². The molecular weight excluding hydrogens is 460 g/mol. The van der Waals surface area contributed by atoms with Gasteiger partial charge in [0.15, 0.2) is 5.75 Å². The minimum Gasteiger partial charge on any atom is -0.379 e. The SMILES string of the molecule is O=C(NCCCc1ccccc1)c1c(OS(=O)(=O)C2CC2)c(-c2ccccc2)nc2ccccc12. The first-order valence-electron chi connectivity index (χ1n) is 11.8. The summed E-state index contributed by atoms with van der Waals surface area (Å²) in [5, 5.41) is 2.98. The van der Waals surface area contributed by atoms with Crippen molar-refractivity contribution < 1.29 is 17.4 Å². The third-order valence-electron chi connectivity index (χ3n) is 6.02. The standard InChI is InChI=1S/C28H26N2O4S/c31-28(29-19-9-12-20-10-3-1-4-11-20)25-23-15-7-8-16-24(23)30-26(21-13-5-2-6-14-21)27(25)34-35(32,33)22-17-18-22/h1-8,10-11,13-16,22H,9,12,17-19H2,(H,29,31). The van der Waals surface area contributed by atoms with Gasteiger partial charge in [-0.1, -0.05) is 78.9 Å². The fraction of sp³-hybridized carbons (Fsp3) is 0.214. The molecule has 0 unspecified atom stereocenters. The van der Waals surface area contributed by atoms with Crippen LogP contribution in [0.5, 0.6) is 5.75 Å². The van der Waals surface area contributed by atoms with Crippen molar-refractivity contribution in [2.24, 2.45) is 0 Å². The summed E-state index contributed by atoms with van der Waals surface area (Å²) in [6, 6.07) is 26.5. The van der Waals surface area contributed by atoms with Gasteiger partial charge in [0, 0.05) is 17.5 Å². The van der Waals surface area contributed by atoms with Crippen LogP contribution in [0.3, 0.4) is 0 Å². The molecule has 5 rings (SSSR count). The van der Waals surface area contributed by atoms with Crippen molar-refractivity contribution in [3.05, 3.63) is 96.1 Å². The summed E-state index contributed by atoms with van der Waals surface area (Å²) in [5.41, 5.74) is 3.00. The van der Waals surface area contributed by atoms with Gasteiger partial charge in [-0.25, -0.2) is 4.98 Å². The van der Waals surface area contributed by atoms with E-state index in [4.69, 9.17) is 9.17 Å². The lowest BCUT2D eigenvalue weighted by molar-refractivity contribution is 0.0953. The molecule has 0 atom stereocenters. The Morgan fingerprint density at radius 1 is 0.914 bits per heavy atom. The van der Waals surface area contributed by atoms with E-state index < -0.39 is 15.4 Å². The van der Waals surface area contributed by atoms with Crippen LogP contribution in [0, 0.1) is 0 Å². The van der Waals surface area contributed by atoms with Crippen LogP contribution < -0.4 is 9.50 Å². The number of carbonyl (C=O) groups is 1. The van der Waals surface area contributed by atoms with E-state index in [9.17, 15) is 13.2 Å². The molecule has 0 aliphatic heterocycles. The molecule has 1 saturated carbocycles. The number of hydrogen-bond donors (Lipinski definition) is 1. The molecule has 1 N–H and O–H groups in total. The second-order valence-electron chi connectivity index (χ2n) is 8.67. The van der Waals surface area contributed by atoms with Crippen molar-refractivity contribution in [2.45, 2.75) is 30.9 Å². The van der Waals surface area contributed by atoms with Crippen molar-refractivity contribution in [3.8, 4) is 17.0 Å². The maximum atomic E-state index is 13.5. The number of benzene rings is 3. The molecule has 0 bridgehead atoms. The topological polar surface area (TPSA) is 85.4 Å². The summed E-state index contributed by atoms with van der Waals surface area (Å²) in [6.45, 7) is 0.444. The summed E-state index contributed by atoms with van der Waals surface area (Å²) in [4.78, 5) is 18.3. The van der Waals surface area contributed by atoms with Crippen LogP contribution in [0.4, 0.5) is 0 Å². The van der Waals surface area contributed by atoms with E-state index in [1.54, 1.807) is 12.1 Å². The van der Waals surface area contributed by atoms with E-state index in [1.807, 2.05) is 60.7 Å². The van der Waals surface area contributed by atoms with Crippen molar-refractivity contribution in [1.29, 1.82) is 0 Å². The van der Waals surface area contributed by atoms with Crippen LogP contribution >= 0.6 is 0 Å². The van der Waals surface area contributed by atoms with Gasteiger partial charge in [-0.2, -0.15) is 8.42 Å². The van der Waals surface area contributed by atoms with E-state index in [2.05, 4.69) is 17.4 Å². The largest absolute Gasteiger partial charge is 0.379 e. The van der Waals surface area contributed by atoms with Crippen molar-refractivity contribution in [2.75, 3.05) is 6.54 Å². The van der Waals surface area contributed by atoms with Crippen LogP contribution in [0.1, 0.15) is 35.2 Å². The predicted molar refractivity (Wildman–Crippen MR) is 137 cm³/mol. The van der Waals surface area contributed by atoms with Crippen LogP contribution in [-0.2, 0) is 16.5 Å². The Hall–Kier alpha value is -3.71. The van der Waals surface area contributed by atoms with Gasteiger partial charge in [0.1, 0.15) is 5.69 Å². The number of aryl methyl sites for hydroxylation is 1. The van der Waals surface area contributed by atoms with Gasteiger partial charge in [0.05, 0.1) is 16.3 Å². The zero-order valence-corrected chi connectivity index (χ0v) is 20.0. The summed E-state index contributed by atoms with van der Waals surface area (Å²) in [6.07, 6.45) is 2.70. The molecule has 0 radical (unpaired) electrons. The van der Waals surface area contributed by atoms with Crippen molar-refractivity contribution >= 4 is 26.9 Å². The Balaban J connectivity index is 1.53. The Kier molecular flexibility index (Phi) is 6.51. The highest BCUT2D eigenvalue weighted by Gasteiger charge is 2.39. The van der Waals surface area contributed by atoms with Gasteiger partial charge in [-0.3, -0.25) is 4.79 Å². The average Bonchev–Trinajstić information content (AvgIpc) is 3.74. The third-order valence-corrected chi connectivity index (χ3v) is 7.71. The number of para-hydroxylation sites is 1. The molecule has 1 aromatic heterocycles. The van der Waals surface area contributed by atoms with Gasteiger partial charge < -0.3 is 9.50 Å². The summed E-state index contributed by atoms with van der Waals surface area (Å²) >= 11 is 0. The fourth-order valence-electron chi connectivity index (χ4n) is 4.06. The van der Waals surface area contributed by atoms with Crippen molar-refractivity contribution in [1.82, 2.24) is 10.3 Å². The Bertz CT molecular complexity index is 1450. The fourth-order valence-corrected chi connectivity index (χ4v) is 5.31. The molecular formula is C28H26N2O4S. The lowest BCUT2D eigenvalue weighted by atomic mass is 10.0. The molecule has 1 amide bonds. The summed E-state index contributed by atoms with van der Waals surface area (Å²) in [7, 11) is -3.88. The number of nitrogens with zero attached hydrogens (tertiary/aromatic N) is 1. The molecule has 1 heterocycles. The highest BCUT2D eigenvalue weighted by Crippen LogP contribution is 2.39. The maximum Gasteiger partial charge on any atom is 0.312 e. The molecule has 0 saturated heterocycles. The first kappa shape index (κ1) is 23.1. The lowest BCUT2D eigenvalue weighted by Crippen LogP contribution is -2.27. The first-order valence-corrected chi connectivity index (χ1v) is 13.2. The smallest absolute Gasteiger partial charge is 0.312 e. The van der Waals surface area contributed by atoms with E-state index >= 15 is 0 Å². The van der Waals surface area contributed by atoms with E-state index in [-0.39, 0.29) is 17.2 Å². The maximum absolute atomic E-state index is 13.5. The van der Waals surface area contributed by atoms with E-state index in [0.29, 0.717) is 41.5 Å². The second-order valence-corrected chi connectivity index (χ2v) is 10.5. The number of amides is 1. The normalized spacial score (nSPS) is 13.5. The van der Waals surface area contributed by atoms with Gasteiger partial charge in [-0.15, -0.1) is 0 Å². The Morgan fingerprint density at radius 2 is 1.57 bits per heavy atom. The van der Waals surface area contributed by atoms with Crippen molar-refractivity contribution in [3.63, 3.8) is 0 Å². The molecule has 1 fully saturated rings. The molecule has 0 spiro atoms. The predicted octanol–water partition coefficient (Wildman–Crippen LogP) is 5.14. The average molecular weight is 487 g/mol. The highest BCUT2D eigenvalue weighted by molar-refractivity contribution is 7.88. The molecule has 1 aliphatic carbocycles. The monoisotopic (exact) mass is 486 g/mol. The number of rotatable bonds is 9. The quantitative estimate of drug-likeness (QED) is 0.262. The molecule has 7 heteroatoms. The number of carbonyl (C=O) groups excluding carboxylic acids is 1. The molecule has 6 nitrogen and oxygen atoms in total. The van der Waals surface area contributed by atoms with E-state index in [0.717, 1.165) is 12.8 Å². The van der Waals surface area contributed by atoms with Crippen LogP contribution in [0.2, 0.25) is 0 Å². The van der Waals surface area contributed by atoms with Gasteiger partial charge in [0.2, 0.25) is 0 Å². The minimum absolute atomic E-state index is 0.0117. The molecule has 4 aromatic rings. The van der Waals surface area contributed by atoms with Crippen LogP contribution in [0.25, 0.3) is 22.2 Å². The van der Waals surface area contributed by atoms with Gasteiger partial charge in [-0.05, 0) is 37.3 Å². The molecule has 3 aromatic carbocycles. The minimum atomic E-state index is -3.88. The molecule has 1 aliphatic rings. The van der Waals surface area contributed by atoms with Gasteiger partial charge >= 0.3 is 10.1 Å². The molecule has 35 heavy (non-hydrogen) atoms. The Morgan fingerprint density at radius 3 is 2.29 bits per heavy atom. The summed E-state index contributed by atoms with van der Waals surface area (Å²) < 4.78 is 31.5. The Labute approximate surface area is 205 Å². The third kappa shape index (κ3) is 5.20. The molecule has 178 valence electrons. The van der Waals surface area contributed by atoms with E-state index in [1.165, 1.54) is 5.56 Å². The number of hydrogen-bond acceptors (Lipinski definition) is 5. The summed E-state index contributed by atoms with van der Waals surface area (Å²) in [5.74, 6) is -0.391. The number of pyridine rings is 1. The number of aromatic nitrogens is 1. The van der Waals surface area contributed by atoms with Crippen LogP contribution in [-0.4, -0.2) is 31.1 Å².